The van der Waals surface area contributed by atoms with Crippen LogP contribution in [0.15, 0.2) is 0 Å². The molecule has 104 valence electrons. The molecule has 3 atom stereocenters. The maximum atomic E-state index is 4.99. The van der Waals surface area contributed by atoms with Crippen molar-refractivity contribution in [2.24, 2.45) is 11.8 Å². The summed E-state index contributed by atoms with van der Waals surface area (Å²) in [5.74, 6) is 1.92. The third kappa shape index (κ3) is 2.00. The van der Waals surface area contributed by atoms with Crippen LogP contribution in [-0.2, 0) is 6.42 Å². The van der Waals surface area contributed by atoms with Crippen molar-refractivity contribution in [1.29, 1.82) is 0 Å². The van der Waals surface area contributed by atoms with Crippen molar-refractivity contribution in [3.05, 3.63) is 10.6 Å². The summed E-state index contributed by atoms with van der Waals surface area (Å²) in [6.45, 7) is 2.53. The summed E-state index contributed by atoms with van der Waals surface area (Å²) >= 11 is 1.97. The number of hydrogen-bond acceptors (Lipinski definition) is 4. The summed E-state index contributed by atoms with van der Waals surface area (Å²) in [7, 11) is 2.07. The SMILES string of the molecule is CNC1CCCc2sc(N3CC4CCCC4C3)nc21. The lowest BCUT2D eigenvalue weighted by atomic mass is 9.98. The summed E-state index contributed by atoms with van der Waals surface area (Å²) in [4.78, 5) is 9.11. The van der Waals surface area contributed by atoms with Crippen LogP contribution in [0.5, 0.6) is 0 Å². The van der Waals surface area contributed by atoms with Crippen molar-refractivity contribution in [1.82, 2.24) is 10.3 Å². The quantitative estimate of drug-likeness (QED) is 0.901. The zero-order valence-corrected chi connectivity index (χ0v) is 12.5. The number of hydrogen-bond donors (Lipinski definition) is 1. The van der Waals surface area contributed by atoms with Gasteiger partial charge in [-0.25, -0.2) is 4.98 Å². The number of aromatic nitrogens is 1. The van der Waals surface area contributed by atoms with Crippen LogP contribution in [-0.4, -0.2) is 25.1 Å². The van der Waals surface area contributed by atoms with Gasteiger partial charge in [-0.15, -0.1) is 11.3 Å². The molecule has 3 unspecified atom stereocenters. The van der Waals surface area contributed by atoms with E-state index in [-0.39, 0.29) is 0 Å². The van der Waals surface area contributed by atoms with Crippen LogP contribution in [0.2, 0.25) is 0 Å². The summed E-state index contributed by atoms with van der Waals surface area (Å²) in [6, 6.07) is 0.496. The highest BCUT2D eigenvalue weighted by molar-refractivity contribution is 7.15. The van der Waals surface area contributed by atoms with Gasteiger partial charge in [-0.05, 0) is 51.0 Å². The molecule has 3 aliphatic rings. The molecule has 0 aromatic carbocycles. The summed E-state index contributed by atoms with van der Waals surface area (Å²) in [5, 5.41) is 4.74. The molecular weight excluding hydrogens is 254 g/mol. The van der Waals surface area contributed by atoms with E-state index in [1.807, 2.05) is 11.3 Å². The van der Waals surface area contributed by atoms with Crippen LogP contribution in [0.1, 0.15) is 48.7 Å². The second-order valence-electron chi connectivity index (χ2n) is 6.39. The molecule has 2 heterocycles. The highest BCUT2D eigenvalue weighted by atomic mass is 32.1. The molecule has 1 saturated heterocycles. The first-order valence-electron chi connectivity index (χ1n) is 7.77. The molecule has 0 bridgehead atoms. The topological polar surface area (TPSA) is 28.2 Å². The Labute approximate surface area is 119 Å². The third-order valence-electron chi connectivity index (χ3n) is 5.29. The van der Waals surface area contributed by atoms with Crippen LogP contribution < -0.4 is 10.2 Å². The average molecular weight is 277 g/mol. The van der Waals surface area contributed by atoms with Gasteiger partial charge in [0.05, 0.1) is 11.7 Å². The Morgan fingerprint density at radius 3 is 2.68 bits per heavy atom. The summed E-state index contributed by atoms with van der Waals surface area (Å²) in [5.41, 5.74) is 1.35. The first-order chi connectivity index (χ1) is 9.35. The van der Waals surface area contributed by atoms with Crippen molar-refractivity contribution >= 4 is 16.5 Å². The monoisotopic (exact) mass is 277 g/mol. The van der Waals surface area contributed by atoms with Crippen LogP contribution in [0, 0.1) is 11.8 Å². The molecule has 0 radical (unpaired) electrons. The van der Waals surface area contributed by atoms with Crippen LogP contribution >= 0.6 is 11.3 Å². The van der Waals surface area contributed by atoms with Gasteiger partial charge in [-0.1, -0.05) is 6.42 Å². The molecule has 4 rings (SSSR count). The second kappa shape index (κ2) is 4.74. The minimum atomic E-state index is 0.496. The summed E-state index contributed by atoms with van der Waals surface area (Å²) in [6.07, 6.45) is 8.16. The van der Waals surface area contributed by atoms with E-state index >= 15 is 0 Å². The predicted molar refractivity (Wildman–Crippen MR) is 79.9 cm³/mol. The van der Waals surface area contributed by atoms with Gasteiger partial charge in [0.2, 0.25) is 0 Å². The fraction of sp³-hybridized carbons (Fsp3) is 0.800. The number of nitrogens with one attached hydrogen (secondary N) is 1. The van der Waals surface area contributed by atoms with Gasteiger partial charge in [0.25, 0.3) is 0 Å². The number of anilines is 1. The van der Waals surface area contributed by atoms with Gasteiger partial charge in [0.15, 0.2) is 5.13 Å². The van der Waals surface area contributed by atoms with Gasteiger partial charge in [0.1, 0.15) is 0 Å². The van der Waals surface area contributed by atoms with E-state index in [4.69, 9.17) is 4.98 Å². The minimum absolute atomic E-state index is 0.496. The van der Waals surface area contributed by atoms with Gasteiger partial charge in [0, 0.05) is 18.0 Å². The molecule has 4 heteroatoms. The molecule has 1 aromatic heterocycles. The Kier molecular flexibility index (Phi) is 3.03. The number of fused-ring (bicyclic) bond motifs is 2. The highest BCUT2D eigenvalue weighted by Crippen LogP contribution is 2.42. The van der Waals surface area contributed by atoms with E-state index < -0.39 is 0 Å². The fourth-order valence-corrected chi connectivity index (χ4v) is 5.39. The van der Waals surface area contributed by atoms with Crippen molar-refractivity contribution in [2.75, 3.05) is 25.0 Å². The predicted octanol–water partition coefficient (Wildman–Crippen LogP) is 2.98. The van der Waals surface area contributed by atoms with E-state index in [0.29, 0.717) is 6.04 Å². The largest absolute Gasteiger partial charge is 0.348 e. The van der Waals surface area contributed by atoms with E-state index in [1.165, 1.54) is 67.3 Å². The zero-order valence-electron chi connectivity index (χ0n) is 11.7. The van der Waals surface area contributed by atoms with Crippen molar-refractivity contribution in [2.45, 2.75) is 44.6 Å². The highest BCUT2D eigenvalue weighted by Gasteiger charge is 2.37. The maximum absolute atomic E-state index is 4.99. The molecule has 2 aliphatic carbocycles. The molecule has 1 aliphatic heterocycles. The van der Waals surface area contributed by atoms with Gasteiger partial charge < -0.3 is 10.2 Å². The van der Waals surface area contributed by atoms with Crippen LogP contribution in [0.25, 0.3) is 0 Å². The van der Waals surface area contributed by atoms with E-state index in [1.54, 1.807) is 0 Å². The number of aryl methyl sites for hydroxylation is 1. The maximum Gasteiger partial charge on any atom is 0.185 e. The number of rotatable bonds is 2. The molecule has 0 amide bonds. The van der Waals surface area contributed by atoms with E-state index in [0.717, 1.165) is 11.8 Å². The molecule has 1 N–H and O–H groups in total. The van der Waals surface area contributed by atoms with Crippen molar-refractivity contribution in [3.8, 4) is 0 Å². The molecular formula is C15H23N3S. The zero-order chi connectivity index (χ0) is 12.8. The Balaban J connectivity index is 1.58. The standard InChI is InChI=1S/C15H23N3S/c1-16-12-6-3-7-13-14(12)17-15(19-13)18-8-10-4-2-5-11(10)9-18/h10-12,16H,2-9H2,1H3. The Morgan fingerprint density at radius 1 is 1.16 bits per heavy atom. The van der Waals surface area contributed by atoms with Crippen molar-refractivity contribution < 1.29 is 0 Å². The van der Waals surface area contributed by atoms with E-state index in [2.05, 4.69) is 17.3 Å². The molecule has 1 aromatic rings. The second-order valence-corrected chi connectivity index (χ2v) is 7.46. The summed E-state index contributed by atoms with van der Waals surface area (Å²) < 4.78 is 0. The van der Waals surface area contributed by atoms with Gasteiger partial charge >= 0.3 is 0 Å². The lowest BCUT2D eigenvalue weighted by Crippen LogP contribution is -2.22. The van der Waals surface area contributed by atoms with Crippen LogP contribution in [0.3, 0.4) is 0 Å². The number of nitrogens with zero attached hydrogens (tertiary/aromatic N) is 2. The Hall–Kier alpha value is -0.610. The number of thiazole rings is 1. The van der Waals surface area contributed by atoms with Crippen molar-refractivity contribution in [3.63, 3.8) is 0 Å². The smallest absolute Gasteiger partial charge is 0.185 e. The normalized spacial score (nSPS) is 33.5. The first-order valence-corrected chi connectivity index (χ1v) is 8.58. The van der Waals surface area contributed by atoms with Gasteiger partial charge in [-0.3, -0.25) is 0 Å². The minimum Gasteiger partial charge on any atom is -0.348 e. The van der Waals surface area contributed by atoms with E-state index in [9.17, 15) is 0 Å². The Bertz CT molecular complexity index is 458. The Morgan fingerprint density at radius 2 is 1.95 bits per heavy atom. The molecule has 3 nitrogen and oxygen atoms in total. The molecule has 19 heavy (non-hydrogen) atoms. The van der Waals surface area contributed by atoms with Crippen LogP contribution in [0.4, 0.5) is 5.13 Å². The first kappa shape index (κ1) is 12.2. The lowest BCUT2D eigenvalue weighted by molar-refractivity contribution is 0.489. The molecule has 0 spiro atoms. The molecule has 2 fully saturated rings. The lowest BCUT2D eigenvalue weighted by Gasteiger charge is -2.20. The van der Waals surface area contributed by atoms with Gasteiger partial charge in [-0.2, -0.15) is 0 Å². The molecule has 1 saturated carbocycles. The third-order valence-corrected chi connectivity index (χ3v) is 6.48. The average Bonchev–Trinajstić information content (AvgIpc) is 3.10. The fourth-order valence-electron chi connectivity index (χ4n) is 4.21.